The van der Waals surface area contributed by atoms with Crippen molar-refractivity contribution in [3.8, 4) is 5.75 Å². The maximum Gasteiger partial charge on any atom is 0.269 e. The number of methoxy groups -OCH3 is 1. The number of nitro benzene ring substituents is 1. The predicted molar refractivity (Wildman–Crippen MR) is 125 cm³/mol. The topological polar surface area (TPSA) is 88.0 Å². The van der Waals surface area contributed by atoms with Crippen molar-refractivity contribution in [3.63, 3.8) is 0 Å². The van der Waals surface area contributed by atoms with Crippen LogP contribution >= 0.6 is 0 Å². The van der Waals surface area contributed by atoms with Gasteiger partial charge in [-0.25, -0.2) is 0 Å². The van der Waals surface area contributed by atoms with Crippen LogP contribution in [0.3, 0.4) is 0 Å². The average molecular weight is 434 g/mol. The van der Waals surface area contributed by atoms with Gasteiger partial charge in [0.15, 0.2) is 0 Å². The highest BCUT2D eigenvalue weighted by atomic mass is 16.6. The lowest BCUT2D eigenvalue weighted by molar-refractivity contribution is -0.384. The van der Waals surface area contributed by atoms with Crippen LogP contribution in [0.2, 0.25) is 0 Å². The molecule has 1 N–H and O–H groups in total. The van der Waals surface area contributed by atoms with E-state index in [1.807, 2.05) is 6.07 Å². The van der Waals surface area contributed by atoms with Crippen LogP contribution in [0.5, 0.6) is 5.75 Å². The number of fused-ring (bicyclic) bond motifs is 1. The number of ether oxygens (including phenoxy) is 1. The number of non-ortho nitro benzene ring substituents is 1. The third-order valence-corrected chi connectivity index (χ3v) is 5.83. The molecule has 4 rings (SSSR count). The largest absolute Gasteiger partial charge is 0.497 e. The van der Waals surface area contributed by atoms with E-state index in [4.69, 9.17) is 4.74 Å². The summed E-state index contributed by atoms with van der Waals surface area (Å²) in [5.74, 6) is 0.635. The standard InChI is InChI=1S/C24H26N4O4/c1-32-21-10-7-18-3-2-4-23(22(18)17-21)27-15-13-26(14-16-27)12-11-25-24(29)19-5-8-20(9-6-19)28(30)31/h2-10,17H,11-16H2,1H3,(H,25,29). The molecule has 0 aromatic heterocycles. The monoisotopic (exact) mass is 434 g/mol. The number of anilines is 1. The summed E-state index contributed by atoms with van der Waals surface area (Å²) in [5.41, 5.74) is 1.61. The third kappa shape index (κ3) is 4.81. The molecular formula is C24H26N4O4. The number of carbonyl (C=O) groups is 1. The lowest BCUT2D eigenvalue weighted by Gasteiger charge is -2.36. The van der Waals surface area contributed by atoms with Crippen LogP contribution in [-0.2, 0) is 0 Å². The van der Waals surface area contributed by atoms with E-state index in [2.05, 4.69) is 45.4 Å². The number of piperazine rings is 1. The van der Waals surface area contributed by atoms with Gasteiger partial charge in [-0.2, -0.15) is 0 Å². The van der Waals surface area contributed by atoms with Gasteiger partial charge in [-0.1, -0.05) is 18.2 Å². The minimum atomic E-state index is -0.476. The van der Waals surface area contributed by atoms with Crippen molar-refractivity contribution in [2.45, 2.75) is 0 Å². The molecule has 1 aliphatic heterocycles. The Bertz CT molecular complexity index is 1110. The normalized spacial score (nSPS) is 14.3. The van der Waals surface area contributed by atoms with Crippen molar-refractivity contribution in [1.29, 1.82) is 0 Å². The van der Waals surface area contributed by atoms with Gasteiger partial charge in [0.1, 0.15) is 5.75 Å². The van der Waals surface area contributed by atoms with E-state index in [-0.39, 0.29) is 11.6 Å². The van der Waals surface area contributed by atoms with Crippen molar-refractivity contribution in [2.75, 3.05) is 51.3 Å². The fraction of sp³-hybridized carbons (Fsp3) is 0.292. The van der Waals surface area contributed by atoms with Crippen molar-refractivity contribution < 1.29 is 14.5 Å². The van der Waals surface area contributed by atoms with Crippen LogP contribution in [0.25, 0.3) is 10.8 Å². The van der Waals surface area contributed by atoms with Crippen LogP contribution < -0.4 is 15.0 Å². The molecule has 0 spiro atoms. The third-order valence-electron chi connectivity index (χ3n) is 5.83. The smallest absolute Gasteiger partial charge is 0.269 e. The van der Waals surface area contributed by atoms with Crippen molar-refractivity contribution in [2.24, 2.45) is 0 Å². The van der Waals surface area contributed by atoms with E-state index in [0.717, 1.165) is 38.5 Å². The molecular weight excluding hydrogens is 408 g/mol. The summed E-state index contributed by atoms with van der Waals surface area (Å²) in [4.78, 5) is 27.2. The van der Waals surface area contributed by atoms with Gasteiger partial charge in [-0.05, 0) is 35.7 Å². The highest BCUT2D eigenvalue weighted by Gasteiger charge is 2.19. The zero-order chi connectivity index (χ0) is 22.5. The Kier molecular flexibility index (Phi) is 6.51. The Hall–Kier alpha value is -3.65. The fourth-order valence-corrected chi connectivity index (χ4v) is 4.01. The van der Waals surface area contributed by atoms with Crippen molar-refractivity contribution in [3.05, 3.63) is 76.3 Å². The zero-order valence-corrected chi connectivity index (χ0v) is 18.0. The maximum absolute atomic E-state index is 12.3. The van der Waals surface area contributed by atoms with Crippen LogP contribution in [0, 0.1) is 10.1 Å². The molecule has 1 aliphatic rings. The Balaban J connectivity index is 1.29. The number of amides is 1. The van der Waals surface area contributed by atoms with Gasteiger partial charge in [-0.3, -0.25) is 19.8 Å². The van der Waals surface area contributed by atoms with Gasteiger partial charge >= 0.3 is 0 Å². The number of nitrogens with one attached hydrogen (secondary N) is 1. The number of hydrogen-bond donors (Lipinski definition) is 1. The first-order valence-electron chi connectivity index (χ1n) is 10.6. The molecule has 1 amide bonds. The minimum absolute atomic E-state index is 0.0240. The van der Waals surface area contributed by atoms with E-state index in [9.17, 15) is 14.9 Å². The second-order valence-electron chi connectivity index (χ2n) is 7.75. The van der Waals surface area contributed by atoms with Gasteiger partial charge in [0.2, 0.25) is 0 Å². The molecule has 0 unspecified atom stereocenters. The molecule has 1 heterocycles. The summed E-state index contributed by atoms with van der Waals surface area (Å²) >= 11 is 0. The van der Waals surface area contributed by atoms with Gasteiger partial charge < -0.3 is 15.0 Å². The predicted octanol–water partition coefficient (Wildman–Crippen LogP) is 3.31. The Labute approximate surface area is 186 Å². The second kappa shape index (κ2) is 9.65. The Morgan fingerprint density at radius 3 is 2.50 bits per heavy atom. The molecule has 8 nitrogen and oxygen atoms in total. The molecule has 166 valence electrons. The van der Waals surface area contributed by atoms with Gasteiger partial charge in [0.05, 0.1) is 12.0 Å². The number of hydrogen-bond acceptors (Lipinski definition) is 6. The van der Waals surface area contributed by atoms with Gasteiger partial charge in [-0.15, -0.1) is 0 Å². The summed E-state index contributed by atoms with van der Waals surface area (Å²) in [6, 6.07) is 18.2. The summed E-state index contributed by atoms with van der Waals surface area (Å²) < 4.78 is 5.40. The van der Waals surface area contributed by atoms with Crippen LogP contribution in [0.15, 0.2) is 60.7 Å². The van der Waals surface area contributed by atoms with Gasteiger partial charge in [0, 0.05) is 68.0 Å². The van der Waals surface area contributed by atoms with Gasteiger partial charge in [0.25, 0.3) is 11.6 Å². The van der Waals surface area contributed by atoms with E-state index in [1.54, 1.807) is 7.11 Å². The second-order valence-corrected chi connectivity index (χ2v) is 7.75. The summed E-state index contributed by atoms with van der Waals surface area (Å²) in [5, 5.41) is 16.0. The molecule has 0 radical (unpaired) electrons. The minimum Gasteiger partial charge on any atom is -0.497 e. The first-order valence-corrected chi connectivity index (χ1v) is 10.6. The summed E-state index contributed by atoms with van der Waals surface area (Å²) in [6.45, 7) is 4.93. The molecule has 32 heavy (non-hydrogen) atoms. The summed E-state index contributed by atoms with van der Waals surface area (Å²) in [6.07, 6.45) is 0. The van der Waals surface area contributed by atoms with Crippen molar-refractivity contribution >= 4 is 28.1 Å². The fourth-order valence-electron chi connectivity index (χ4n) is 4.01. The lowest BCUT2D eigenvalue weighted by atomic mass is 10.1. The molecule has 1 fully saturated rings. The van der Waals surface area contributed by atoms with Crippen LogP contribution in [-0.4, -0.2) is 62.1 Å². The summed E-state index contributed by atoms with van der Waals surface area (Å²) in [7, 11) is 1.68. The maximum atomic E-state index is 12.3. The number of carbonyl (C=O) groups excluding carboxylic acids is 1. The molecule has 1 saturated heterocycles. The van der Waals surface area contributed by atoms with E-state index in [1.165, 1.54) is 40.7 Å². The molecule has 3 aromatic rings. The van der Waals surface area contributed by atoms with E-state index in [0.29, 0.717) is 12.1 Å². The number of nitrogens with zero attached hydrogens (tertiary/aromatic N) is 3. The van der Waals surface area contributed by atoms with E-state index >= 15 is 0 Å². The number of nitro groups is 1. The Morgan fingerprint density at radius 2 is 1.81 bits per heavy atom. The highest BCUT2D eigenvalue weighted by Crippen LogP contribution is 2.30. The van der Waals surface area contributed by atoms with E-state index < -0.39 is 4.92 Å². The SMILES string of the molecule is COc1ccc2cccc(N3CCN(CCNC(=O)c4ccc([N+](=O)[O-])cc4)CC3)c2c1. The molecule has 3 aromatic carbocycles. The molecule has 0 aliphatic carbocycles. The quantitative estimate of drug-likeness (QED) is 0.453. The van der Waals surface area contributed by atoms with Crippen LogP contribution in [0.4, 0.5) is 11.4 Å². The van der Waals surface area contributed by atoms with Crippen LogP contribution in [0.1, 0.15) is 10.4 Å². The molecule has 0 bridgehead atoms. The first-order chi connectivity index (χ1) is 15.5. The lowest BCUT2D eigenvalue weighted by Crippen LogP contribution is -2.48. The molecule has 8 heteroatoms. The number of benzene rings is 3. The highest BCUT2D eigenvalue weighted by molar-refractivity contribution is 5.95. The average Bonchev–Trinajstić information content (AvgIpc) is 2.83. The zero-order valence-electron chi connectivity index (χ0n) is 18.0. The molecule has 0 saturated carbocycles. The number of rotatable bonds is 7. The Morgan fingerprint density at radius 1 is 1.06 bits per heavy atom. The molecule has 0 atom stereocenters. The van der Waals surface area contributed by atoms with Crippen molar-refractivity contribution in [1.82, 2.24) is 10.2 Å². The first kappa shape index (κ1) is 21.6.